The Hall–Kier alpha value is -0.870. The van der Waals surface area contributed by atoms with Crippen LogP contribution in [0.2, 0.25) is 0 Å². The molecule has 0 aliphatic heterocycles. The van der Waals surface area contributed by atoms with Crippen molar-refractivity contribution in [2.45, 2.75) is 13.0 Å². The molecule has 0 saturated carbocycles. The Labute approximate surface area is 65.6 Å². The van der Waals surface area contributed by atoms with E-state index in [9.17, 15) is 5.11 Å². The van der Waals surface area contributed by atoms with E-state index < -0.39 is 6.10 Å². The second-order valence-corrected chi connectivity index (χ2v) is 2.59. The number of rotatable bonds is 2. The van der Waals surface area contributed by atoms with Crippen LogP contribution < -0.4 is 5.73 Å². The SMILES string of the molecule is Cc1cc(C(O)CN)n(C)n1. The molecule has 0 fully saturated rings. The minimum absolute atomic E-state index is 0.235. The van der Waals surface area contributed by atoms with Gasteiger partial charge in [-0.2, -0.15) is 5.10 Å². The van der Waals surface area contributed by atoms with Gasteiger partial charge in [0.15, 0.2) is 0 Å². The summed E-state index contributed by atoms with van der Waals surface area (Å²) < 4.78 is 1.65. The average molecular weight is 155 g/mol. The fourth-order valence-corrected chi connectivity index (χ4v) is 1.06. The molecule has 1 unspecified atom stereocenters. The lowest BCUT2D eigenvalue weighted by molar-refractivity contribution is 0.177. The molecule has 4 nitrogen and oxygen atoms in total. The second kappa shape index (κ2) is 3.02. The van der Waals surface area contributed by atoms with Crippen LogP contribution in [0.25, 0.3) is 0 Å². The first kappa shape index (κ1) is 8.23. The van der Waals surface area contributed by atoms with Gasteiger partial charge in [0.25, 0.3) is 0 Å². The molecule has 0 spiro atoms. The summed E-state index contributed by atoms with van der Waals surface area (Å²) in [5.41, 5.74) is 6.96. The lowest BCUT2D eigenvalue weighted by atomic mass is 10.2. The van der Waals surface area contributed by atoms with Crippen LogP contribution in [0.5, 0.6) is 0 Å². The zero-order chi connectivity index (χ0) is 8.43. The van der Waals surface area contributed by atoms with Gasteiger partial charge in [-0.3, -0.25) is 4.68 Å². The van der Waals surface area contributed by atoms with Crippen LogP contribution in [0.3, 0.4) is 0 Å². The molecule has 1 aromatic heterocycles. The summed E-state index contributed by atoms with van der Waals surface area (Å²) in [7, 11) is 1.79. The van der Waals surface area contributed by atoms with Crippen molar-refractivity contribution < 1.29 is 5.11 Å². The zero-order valence-corrected chi connectivity index (χ0v) is 6.78. The van der Waals surface area contributed by atoms with Gasteiger partial charge in [0.2, 0.25) is 0 Å². The van der Waals surface area contributed by atoms with Crippen molar-refractivity contribution in [1.29, 1.82) is 0 Å². The van der Waals surface area contributed by atoms with Gasteiger partial charge in [-0.1, -0.05) is 0 Å². The standard InChI is InChI=1S/C7H13N3O/c1-5-3-6(7(11)4-8)10(2)9-5/h3,7,11H,4,8H2,1-2H3. The molecule has 0 aromatic carbocycles. The first-order valence-electron chi connectivity index (χ1n) is 3.54. The number of aliphatic hydroxyl groups is 1. The molecule has 62 valence electrons. The van der Waals surface area contributed by atoms with Gasteiger partial charge in [-0.15, -0.1) is 0 Å². The van der Waals surface area contributed by atoms with Crippen molar-refractivity contribution in [3.05, 3.63) is 17.5 Å². The van der Waals surface area contributed by atoms with Crippen molar-refractivity contribution in [3.8, 4) is 0 Å². The second-order valence-electron chi connectivity index (χ2n) is 2.59. The molecule has 1 atom stereocenters. The fourth-order valence-electron chi connectivity index (χ4n) is 1.06. The van der Waals surface area contributed by atoms with E-state index in [0.29, 0.717) is 0 Å². The molecule has 1 heterocycles. The van der Waals surface area contributed by atoms with Crippen LogP contribution in [0.15, 0.2) is 6.07 Å². The Bertz CT molecular complexity index is 244. The Morgan fingerprint density at radius 3 is 2.82 bits per heavy atom. The van der Waals surface area contributed by atoms with Crippen molar-refractivity contribution in [2.75, 3.05) is 6.54 Å². The molecule has 0 aliphatic rings. The lowest BCUT2D eigenvalue weighted by Gasteiger charge is -2.06. The summed E-state index contributed by atoms with van der Waals surface area (Å²) in [5, 5.41) is 13.4. The maximum atomic E-state index is 9.34. The molecule has 0 saturated heterocycles. The predicted molar refractivity (Wildman–Crippen MR) is 42.0 cm³/mol. The van der Waals surface area contributed by atoms with Crippen LogP contribution in [0, 0.1) is 6.92 Å². The molecule has 0 bridgehead atoms. The van der Waals surface area contributed by atoms with Crippen molar-refractivity contribution in [2.24, 2.45) is 12.8 Å². The highest BCUT2D eigenvalue weighted by Crippen LogP contribution is 2.10. The fraction of sp³-hybridized carbons (Fsp3) is 0.571. The first-order chi connectivity index (χ1) is 5.15. The topological polar surface area (TPSA) is 64.1 Å². The zero-order valence-electron chi connectivity index (χ0n) is 6.78. The van der Waals surface area contributed by atoms with Crippen LogP contribution in [-0.2, 0) is 7.05 Å². The van der Waals surface area contributed by atoms with Crippen LogP contribution in [0.4, 0.5) is 0 Å². The van der Waals surface area contributed by atoms with Crippen LogP contribution >= 0.6 is 0 Å². The van der Waals surface area contributed by atoms with Gasteiger partial charge in [0.1, 0.15) is 6.10 Å². The number of nitrogens with zero attached hydrogens (tertiary/aromatic N) is 2. The average Bonchev–Trinajstić information content (AvgIpc) is 2.28. The third-order valence-electron chi connectivity index (χ3n) is 1.60. The van der Waals surface area contributed by atoms with E-state index in [-0.39, 0.29) is 6.54 Å². The summed E-state index contributed by atoms with van der Waals surface area (Å²) in [5.74, 6) is 0. The van der Waals surface area contributed by atoms with Gasteiger partial charge in [-0.25, -0.2) is 0 Å². The molecule has 1 aromatic rings. The number of nitrogens with two attached hydrogens (primary N) is 1. The molecule has 3 N–H and O–H groups in total. The van der Waals surface area contributed by atoms with E-state index in [1.54, 1.807) is 11.7 Å². The van der Waals surface area contributed by atoms with Gasteiger partial charge in [0.05, 0.1) is 11.4 Å². The van der Waals surface area contributed by atoms with E-state index in [1.165, 1.54) is 0 Å². The molecular weight excluding hydrogens is 142 g/mol. The Morgan fingerprint density at radius 2 is 2.45 bits per heavy atom. The first-order valence-corrected chi connectivity index (χ1v) is 3.54. The van der Waals surface area contributed by atoms with E-state index in [2.05, 4.69) is 5.10 Å². The smallest absolute Gasteiger partial charge is 0.108 e. The summed E-state index contributed by atoms with van der Waals surface area (Å²) >= 11 is 0. The van der Waals surface area contributed by atoms with Crippen LogP contribution in [-0.4, -0.2) is 21.4 Å². The number of aromatic nitrogens is 2. The Morgan fingerprint density at radius 1 is 1.82 bits per heavy atom. The number of hydrogen-bond acceptors (Lipinski definition) is 3. The van der Waals surface area contributed by atoms with Gasteiger partial charge >= 0.3 is 0 Å². The summed E-state index contributed by atoms with van der Waals surface area (Å²) in [6.45, 7) is 2.12. The predicted octanol–water partition coefficient (Wildman–Crippen LogP) is -0.279. The largest absolute Gasteiger partial charge is 0.385 e. The van der Waals surface area contributed by atoms with Crippen molar-refractivity contribution in [1.82, 2.24) is 9.78 Å². The third-order valence-corrected chi connectivity index (χ3v) is 1.60. The van der Waals surface area contributed by atoms with Crippen molar-refractivity contribution in [3.63, 3.8) is 0 Å². The Balaban J connectivity index is 2.93. The minimum atomic E-state index is -0.596. The van der Waals surface area contributed by atoms with E-state index in [4.69, 9.17) is 5.73 Å². The minimum Gasteiger partial charge on any atom is -0.385 e. The molecule has 0 aliphatic carbocycles. The van der Waals surface area contributed by atoms with E-state index in [1.807, 2.05) is 13.0 Å². The van der Waals surface area contributed by atoms with Crippen LogP contribution in [0.1, 0.15) is 17.5 Å². The summed E-state index contributed by atoms with van der Waals surface area (Å²) in [4.78, 5) is 0. The summed E-state index contributed by atoms with van der Waals surface area (Å²) in [6, 6.07) is 1.83. The quantitative estimate of drug-likeness (QED) is 0.617. The molecular formula is C7H13N3O. The number of aliphatic hydroxyl groups excluding tert-OH is 1. The maximum Gasteiger partial charge on any atom is 0.108 e. The lowest BCUT2D eigenvalue weighted by Crippen LogP contribution is -2.14. The Kier molecular flexibility index (Phi) is 2.26. The highest BCUT2D eigenvalue weighted by atomic mass is 16.3. The van der Waals surface area contributed by atoms with Gasteiger partial charge < -0.3 is 10.8 Å². The third kappa shape index (κ3) is 1.58. The van der Waals surface area contributed by atoms with E-state index >= 15 is 0 Å². The highest BCUT2D eigenvalue weighted by molar-refractivity contribution is 5.11. The molecule has 0 radical (unpaired) electrons. The maximum absolute atomic E-state index is 9.34. The summed E-state index contributed by atoms with van der Waals surface area (Å²) in [6.07, 6.45) is -0.596. The molecule has 11 heavy (non-hydrogen) atoms. The normalized spacial score (nSPS) is 13.5. The molecule has 4 heteroatoms. The highest BCUT2D eigenvalue weighted by Gasteiger charge is 2.09. The number of aryl methyl sites for hydroxylation is 2. The van der Waals surface area contributed by atoms with E-state index in [0.717, 1.165) is 11.4 Å². The van der Waals surface area contributed by atoms with Gasteiger partial charge in [-0.05, 0) is 13.0 Å². The van der Waals surface area contributed by atoms with Crippen molar-refractivity contribution >= 4 is 0 Å². The molecule has 0 amide bonds. The molecule has 1 rings (SSSR count). The number of hydrogen-bond donors (Lipinski definition) is 2. The van der Waals surface area contributed by atoms with Gasteiger partial charge in [0, 0.05) is 13.6 Å². The monoisotopic (exact) mass is 155 g/mol.